The van der Waals surface area contributed by atoms with Crippen molar-refractivity contribution in [1.29, 1.82) is 0 Å². The Morgan fingerprint density at radius 3 is 1.26 bits per heavy atom. The first-order chi connectivity index (χ1) is 33.4. The largest absolute Gasteiger partial charge is 0.310 e. The van der Waals surface area contributed by atoms with Crippen molar-refractivity contribution in [3.8, 4) is 77.9 Å². The van der Waals surface area contributed by atoms with Crippen molar-refractivity contribution >= 4 is 27.8 Å². The summed E-state index contributed by atoms with van der Waals surface area (Å²) >= 11 is 0. The smallest absolute Gasteiger partial charge is 0.0467 e. The lowest BCUT2D eigenvalue weighted by Gasteiger charge is -2.26. The summed E-state index contributed by atoms with van der Waals surface area (Å²) in [6.07, 6.45) is 0. The van der Waals surface area contributed by atoms with Crippen LogP contribution < -0.4 is 4.90 Å². The number of rotatable bonds is 9. The number of nitrogens with zero attached hydrogens (tertiary/aromatic N) is 1. The standard InChI is InChI=1S/C67H49N/c1-67(2)65-21-9-8-20-63(65)64-41-36-59(45-66(64)67)53-34-39-61(40-35-53)68(62-19-11-18-57(44-62)52-28-22-48(23-29-52)46-12-4-3-5-13-46)60-37-32-50(33-38-60)49-24-26-51(27-25-49)55-16-10-17-56(42-55)58-31-30-47-14-6-7-15-54(47)43-58/h3-45H,1-2H3. The first kappa shape index (κ1) is 40.9. The van der Waals surface area contributed by atoms with Crippen LogP contribution in [-0.2, 0) is 5.41 Å². The summed E-state index contributed by atoms with van der Waals surface area (Å²) in [4.78, 5) is 2.38. The molecule has 1 aliphatic carbocycles. The van der Waals surface area contributed by atoms with Gasteiger partial charge < -0.3 is 4.90 Å². The molecule has 11 aromatic rings. The summed E-state index contributed by atoms with van der Waals surface area (Å²) < 4.78 is 0. The molecule has 0 heterocycles. The molecule has 0 amide bonds. The fourth-order valence-electron chi connectivity index (χ4n) is 10.3. The zero-order chi connectivity index (χ0) is 45.6. The topological polar surface area (TPSA) is 3.24 Å². The van der Waals surface area contributed by atoms with Crippen LogP contribution in [0.4, 0.5) is 17.1 Å². The normalized spacial score (nSPS) is 12.4. The SMILES string of the molecule is CC1(C)c2ccccc2-c2ccc(-c3ccc(N(c4ccc(-c5ccc(-c6cccc(-c7ccc8ccccc8c7)c6)cc5)cc4)c4cccc(-c5ccc(-c6ccccc6)cc5)c4)cc3)cc21. The van der Waals surface area contributed by atoms with Crippen molar-refractivity contribution in [3.63, 3.8) is 0 Å². The number of hydrogen-bond acceptors (Lipinski definition) is 1. The summed E-state index contributed by atoms with van der Waals surface area (Å²) in [6, 6.07) is 95.5. The molecule has 0 bridgehead atoms. The van der Waals surface area contributed by atoms with Crippen LogP contribution in [0.3, 0.4) is 0 Å². The van der Waals surface area contributed by atoms with Gasteiger partial charge in [-0.2, -0.15) is 0 Å². The fourth-order valence-corrected chi connectivity index (χ4v) is 10.3. The van der Waals surface area contributed by atoms with E-state index >= 15 is 0 Å². The van der Waals surface area contributed by atoms with Crippen LogP contribution >= 0.6 is 0 Å². The van der Waals surface area contributed by atoms with Crippen molar-refractivity contribution in [1.82, 2.24) is 0 Å². The number of benzene rings is 11. The van der Waals surface area contributed by atoms with Crippen molar-refractivity contribution in [2.24, 2.45) is 0 Å². The van der Waals surface area contributed by atoms with Gasteiger partial charge in [-0.15, -0.1) is 0 Å². The highest BCUT2D eigenvalue weighted by atomic mass is 15.1. The highest BCUT2D eigenvalue weighted by Crippen LogP contribution is 2.50. The number of fused-ring (bicyclic) bond motifs is 4. The molecule has 1 nitrogen and oxygen atoms in total. The molecule has 0 unspecified atom stereocenters. The summed E-state index contributed by atoms with van der Waals surface area (Å²) in [6.45, 7) is 4.70. The zero-order valence-electron chi connectivity index (χ0n) is 38.3. The Hall–Kier alpha value is -8.52. The lowest BCUT2D eigenvalue weighted by atomic mass is 9.81. The molecule has 0 aliphatic heterocycles. The van der Waals surface area contributed by atoms with Gasteiger partial charge in [-0.25, -0.2) is 0 Å². The molecule has 1 heteroatoms. The van der Waals surface area contributed by atoms with E-state index in [-0.39, 0.29) is 5.41 Å². The Bertz CT molecular complexity index is 3600. The third-order valence-electron chi connectivity index (χ3n) is 14.1. The van der Waals surface area contributed by atoms with E-state index in [9.17, 15) is 0 Å². The van der Waals surface area contributed by atoms with Crippen LogP contribution in [-0.4, -0.2) is 0 Å². The minimum atomic E-state index is -0.0510. The van der Waals surface area contributed by atoms with E-state index < -0.39 is 0 Å². The van der Waals surface area contributed by atoms with Gasteiger partial charge in [0, 0.05) is 22.5 Å². The average molecular weight is 868 g/mol. The number of anilines is 3. The van der Waals surface area contributed by atoms with Crippen LogP contribution in [0.25, 0.3) is 88.7 Å². The van der Waals surface area contributed by atoms with E-state index in [1.54, 1.807) is 0 Å². The Morgan fingerprint density at radius 2 is 0.632 bits per heavy atom. The molecule has 0 radical (unpaired) electrons. The predicted molar refractivity (Wildman–Crippen MR) is 289 cm³/mol. The van der Waals surface area contributed by atoms with E-state index in [0.717, 1.165) is 17.1 Å². The average Bonchev–Trinajstić information content (AvgIpc) is 3.64. The first-order valence-electron chi connectivity index (χ1n) is 23.6. The Kier molecular flexibility index (Phi) is 10.3. The second-order valence-electron chi connectivity index (χ2n) is 18.6. The quantitative estimate of drug-likeness (QED) is 0.140. The van der Waals surface area contributed by atoms with Crippen molar-refractivity contribution < 1.29 is 0 Å². The van der Waals surface area contributed by atoms with E-state index in [4.69, 9.17) is 0 Å². The Balaban J connectivity index is 0.858. The Morgan fingerprint density at radius 1 is 0.235 bits per heavy atom. The van der Waals surface area contributed by atoms with Gasteiger partial charge in [0.25, 0.3) is 0 Å². The van der Waals surface area contributed by atoms with Crippen molar-refractivity contribution in [2.75, 3.05) is 4.90 Å². The molecule has 68 heavy (non-hydrogen) atoms. The van der Waals surface area contributed by atoms with E-state index in [0.29, 0.717) is 0 Å². The van der Waals surface area contributed by atoms with Crippen LogP contribution in [0, 0.1) is 0 Å². The van der Waals surface area contributed by atoms with Crippen LogP contribution in [0.2, 0.25) is 0 Å². The molecular weight excluding hydrogens is 819 g/mol. The lowest BCUT2D eigenvalue weighted by Crippen LogP contribution is -2.14. The highest BCUT2D eigenvalue weighted by Gasteiger charge is 2.35. The predicted octanol–water partition coefficient (Wildman–Crippen LogP) is 18.6. The van der Waals surface area contributed by atoms with Gasteiger partial charge in [0.1, 0.15) is 0 Å². The van der Waals surface area contributed by atoms with E-state index in [1.807, 2.05) is 0 Å². The molecule has 0 N–H and O–H groups in total. The second-order valence-corrected chi connectivity index (χ2v) is 18.6. The third kappa shape index (κ3) is 7.59. The van der Waals surface area contributed by atoms with Gasteiger partial charge in [0.15, 0.2) is 0 Å². The molecule has 0 atom stereocenters. The maximum Gasteiger partial charge on any atom is 0.0467 e. The Labute approximate surface area is 399 Å². The molecule has 1 aliphatic rings. The van der Waals surface area contributed by atoms with Crippen LogP contribution in [0.15, 0.2) is 261 Å². The van der Waals surface area contributed by atoms with Gasteiger partial charge in [-0.1, -0.05) is 220 Å². The molecule has 0 fully saturated rings. The number of hydrogen-bond donors (Lipinski definition) is 0. The lowest BCUT2D eigenvalue weighted by molar-refractivity contribution is 0.660. The summed E-state index contributed by atoms with van der Waals surface area (Å²) in [7, 11) is 0. The van der Waals surface area contributed by atoms with Gasteiger partial charge in [-0.3, -0.25) is 0 Å². The van der Waals surface area contributed by atoms with Gasteiger partial charge in [0.05, 0.1) is 0 Å². The van der Waals surface area contributed by atoms with E-state index in [1.165, 1.54) is 99.8 Å². The maximum absolute atomic E-state index is 2.41. The van der Waals surface area contributed by atoms with E-state index in [2.05, 4.69) is 280 Å². The van der Waals surface area contributed by atoms with Gasteiger partial charge in [0.2, 0.25) is 0 Å². The molecule has 322 valence electrons. The monoisotopic (exact) mass is 867 g/mol. The highest BCUT2D eigenvalue weighted by molar-refractivity contribution is 5.89. The minimum Gasteiger partial charge on any atom is -0.310 e. The molecule has 0 spiro atoms. The van der Waals surface area contributed by atoms with Gasteiger partial charge in [-0.05, 0) is 154 Å². The zero-order valence-corrected chi connectivity index (χ0v) is 38.3. The molecular formula is C67H49N. The molecule has 11 aromatic carbocycles. The van der Waals surface area contributed by atoms with Crippen molar-refractivity contribution in [3.05, 3.63) is 272 Å². The van der Waals surface area contributed by atoms with Crippen LogP contribution in [0.1, 0.15) is 25.0 Å². The molecule has 0 saturated carbocycles. The first-order valence-corrected chi connectivity index (χ1v) is 23.6. The summed E-state index contributed by atoms with van der Waals surface area (Å²) in [5.41, 5.74) is 23.2. The minimum absolute atomic E-state index is 0.0510. The summed E-state index contributed by atoms with van der Waals surface area (Å²) in [5, 5.41) is 2.52. The maximum atomic E-state index is 2.41. The fraction of sp³-hybridized carbons (Fsp3) is 0.0448. The van der Waals surface area contributed by atoms with Crippen LogP contribution in [0.5, 0.6) is 0 Å². The summed E-state index contributed by atoms with van der Waals surface area (Å²) in [5.74, 6) is 0. The molecule has 0 aromatic heterocycles. The molecule has 0 saturated heterocycles. The molecule has 12 rings (SSSR count). The second kappa shape index (κ2) is 17.0. The van der Waals surface area contributed by atoms with Gasteiger partial charge >= 0.3 is 0 Å². The van der Waals surface area contributed by atoms with Crippen molar-refractivity contribution in [2.45, 2.75) is 19.3 Å². The third-order valence-corrected chi connectivity index (χ3v) is 14.1.